The number of aliphatic hydroxyl groups excluding tert-OH is 1. The Hall–Kier alpha value is -4.56. The lowest BCUT2D eigenvalue weighted by Crippen LogP contribution is -2.35. The first-order valence-corrected chi connectivity index (χ1v) is 13.6. The van der Waals surface area contributed by atoms with Crippen molar-refractivity contribution in [2.45, 2.75) is 39.7 Å². The topological polar surface area (TPSA) is 109 Å². The lowest BCUT2D eigenvalue weighted by Gasteiger charge is -2.31. The van der Waals surface area contributed by atoms with Crippen LogP contribution in [0.25, 0.3) is 0 Å². The van der Waals surface area contributed by atoms with Crippen molar-refractivity contribution < 1.29 is 14.7 Å². The van der Waals surface area contributed by atoms with Crippen molar-refractivity contribution in [2.24, 2.45) is 0 Å². The van der Waals surface area contributed by atoms with Crippen LogP contribution in [-0.2, 0) is 0 Å². The number of Topliss-reactive ketones (excluding diaryl/α,β-unsaturated/α-hetero) is 1. The standard InChI is InChI=1S/C32H35N5O3/c1-20-30(22(3)38)21(2)33-31(20)32(40)36-27-10-8-25(9-11-27)34-23-4-6-24(7-5-23)35-26-12-14-28(15-13-26)37-18-16-29(39)17-19-37/h4-15,29,33-35,39H,16-19H2,1-3H3,(H,36,40). The first-order valence-electron chi connectivity index (χ1n) is 13.6. The number of carbonyl (C=O) groups is 2. The Morgan fingerprint density at radius 3 is 1.68 bits per heavy atom. The van der Waals surface area contributed by atoms with Crippen LogP contribution in [0.5, 0.6) is 0 Å². The SMILES string of the molecule is CC(=O)c1c(C)[nH]c(C(=O)Nc2ccc(Nc3ccc(Nc4ccc(N5CCC(O)CC5)cc4)cc3)cc2)c1C. The molecule has 0 saturated carbocycles. The largest absolute Gasteiger partial charge is 0.393 e. The molecule has 0 atom stereocenters. The van der Waals surface area contributed by atoms with Gasteiger partial charge in [-0.15, -0.1) is 0 Å². The molecule has 4 aromatic rings. The molecule has 1 fully saturated rings. The molecule has 1 aliphatic rings. The van der Waals surface area contributed by atoms with Gasteiger partial charge in [0.25, 0.3) is 5.91 Å². The van der Waals surface area contributed by atoms with E-state index in [4.69, 9.17) is 0 Å². The molecule has 1 saturated heterocycles. The van der Waals surface area contributed by atoms with Gasteiger partial charge in [0.15, 0.2) is 5.78 Å². The van der Waals surface area contributed by atoms with Crippen molar-refractivity contribution in [2.75, 3.05) is 33.9 Å². The third-order valence-electron chi connectivity index (χ3n) is 7.32. The van der Waals surface area contributed by atoms with E-state index in [0.717, 1.165) is 48.7 Å². The summed E-state index contributed by atoms with van der Waals surface area (Å²) < 4.78 is 0. The van der Waals surface area contributed by atoms with Crippen molar-refractivity contribution in [1.29, 1.82) is 0 Å². The minimum Gasteiger partial charge on any atom is -0.393 e. The number of carbonyl (C=O) groups excluding carboxylic acids is 2. The third-order valence-corrected chi connectivity index (χ3v) is 7.32. The third kappa shape index (κ3) is 6.18. The fraction of sp³-hybridized carbons (Fsp3) is 0.250. The minimum atomic E-state index is -0.280. The highest BCUT2D eigenvalue weighted by Crippen LogP contribution is 2.26. The van der Waals surface area contributed by atoms with Gasteiger partial charge in [0.2, 0.25) is 0 Å². The van der Waals surface area contributed by atoms with E-state index in [1.807, 2.05) is 48.5 Å². The first kappa shape index (κ1) is 27.0. The summed E-state index contributed by atoms with van der Waals surface area (Å²) in [5, 5.41) is 19.4. The maximum atomic E-state index is 12.8. The summed E-state index contributed by atoms with van der Waals surface area (Å²) >= 11 is 0. The van der Waals surface area contributed by atoms with Crippen LogP contribution < -0.4 is 20.9 Å². The Bertz CT molecular complexity index is 1480. The van der Waals surface area contributed by atoms with Gasteiger partial charge in [0.05, 0.1) is 6.10 Å². The van der Waals surface area contributed by atoms with E-state index in [-0.39, 0.29) is 17.8 Å². The van der Waals surface area contributed by atoms with Crippen molar-refractivity contribution in [3.8, 4) is 0 Å². The highest BCUT2D eigenvalue weighted by atomic mass is 16.3. The molecule has 1 amide bonds. The van der Waals surface area contributed by atoms with E-state index in [2.05, 4.69) is 50.1 Å². The second-order valence-corrected chi connectivity index (χ2v) is 10.3. The quantitative estimate of drug-likeness (QED) is 0.163. The lowest BCUT2D eigenvalue weighted by molar-refractivity contribution is 0.101. The highest BCUT2D eigenvalue weighted by Gasteiger charge is 2.20. The van der Waals surface area contributed by atoms with Crippen molar-refractivity contribution in [3.63, 3.8) is 0 Å². The van der Waals surface area contributed by atoms with Crippen LogP contribution in [-0.4, -0.2) is 41.0 Å². The summed E-state index contributed by atoms with van der Waals surface area (Å²) in [5.41, 5.74) is 8.01. The number of anilines is 6. The van der Waals surface area contributed by atoms with E-state index in [1.54, 1.807) is 13.8 Å². The van der Waals surface area contributed by atoms with E-state index >= 15 is 0 Å². The fourth-order valence-corrected chi connectivity index (χ4v) is 5.19. The molecule has 0 spiro atoms. The van der Waals surface area contributed by atoms with Crippen LogP contribution in [0.2, 0.25) is 0 Å². The van der Waals surface area contributed by atoms with E-state index in [9.17, 15) is 14.7 Å². The highest BCUT2D eigenvalue weighted by molar-refractivity contribution is 6.07. The Morgan fingerprint density at radius 2 is 1.23 bits per heavy atom. The Kier molecular flexibility index (Phi) is 7.89. The van der Waals surface area contributed by atoms with Crippen LogP contribution in [0, 0.1) is 13.8 Å². The molecular formula is C32H35N5O3. The molecule has 1 aliphatic heterocycles. The fourth-order valence-electron chi connectivity index (χ4n) is 5.19. The summed E-state index contributed by atoms with van der Waals surface area (Å²) in [7, 11) is 0. The van der Waals surface area contributed by atoms with Gasteiger partial charge in [-0.05, 0) is 112 Å². The first-order chi connectivity index (χ1) is 19.3. The smallest absolute Gasteiger partial charge is 0.272 e. The number of aromatic amines is 1. The number of amides is 1. The van der Waals surface area contributed by atoms with Gasteiger partial charge in [-0.2, -0.15) is 0 Å². The number of rotatable bonds is 8. The van der Waals surface area contributed by atoms with Crippen molar-refractivity contribution in [3.05, 3.63) is 95.3 Å². The predicted octanol–water partition coefficient (Wildman–Crippen LogP) is 6.53. The van der Waals surface area contributed by atoms with Gasteiger partial charge in [-0.3, -0.25) is 9.59 Å². The maximum absolute atomic E-state index is 12.8. The van der Waals surface area contributed by atoms with Gasteiger partial charge < -0.3 is 30.9 Å². The van der Waals surface area contributed by atoms with E-state index < -0.39 is 0 Å². The van der Waals surface area contributed by atoms with Crippen molar-refractivity contribution in [1.82, 2.24) is 4.98 Å². The number of ketones is 1. The monoisotopic (exact) mass is 537 g/mol. The predicted molar refractivity (Wildman–Crippen MR) is 162 cm³/mol. The zero-order valence-electron chi connectivity index (χ0n) is 23.0. The molecule has 206 valence electrons. The Morgan fingerprint density at radius 1 is 0.775 bits per heavy atom. The van der Waals surface area contributed by atoms with Crippen LogP contribution in [0.4, 0.5) is 34.1 Å². The van der Waals surface area contributed by atoms with Crippen LogP contribution in [0.1, 0.15) is 51.9 Å². The molecule has 0 radical (unpaired) electrons. The van der Waals surface area contributed by atoms with Crippen LogP contribution in [0.3, 0.4) is 0 Å². The van der Waals surface area contributed by atoms with Gasteiger partial charge in [0.1, 0.15) is 5.69 Å². The summed E-state index contributed by atoms with van der Waals surface area (Å²) in [4.78, 5) is 30.0. The Balaban J connectivity index is 1.15. The van der Waals surface area contributed by atoms with Gasteiger partial charge >= 0.3 is 0 Å². The molecule has 1 aromatic heterocycles. The number of hydrogen-bond acceptors (Lipinski definition) is 6. The van der Waals surface area contributed by atoms with Gasteiger partial charge in [-0.25, -0.2) is 0 Å². The number of H-pyrrole nitrogens is 1. The number of aryl methyl sites for hydroxylation is 1. The normalized spacial score (nSPS) is 13.7. The number of nitrogens with one attached hydrogen (secondary N) is 4. The summed E-state index contributed by atoms with van der Waals surface area (Å²) in [5.74, 6) is -0.341. The number of piperidine rings is 1. The minimum absolute atomic E-state index is 0.0609. The van der Waals surface area contributed by atoms with Crippen LogP contribution in [0.15, 0.2) is 72.8 Å². The molecule has 8 heteroatoms. The number of hydrogen-bond donors (Lipinski definition) is 5. The molecule has 40 heavy (non-hydrogen) atoms. The zero-order chi connectivity index (χ0) is 28.2. The summed E-state index contributed by atoms with van der Waals surface area (Å²) in [6, 6.07) is 23.9. The average Bonchev–Trinajstić information content (AvgIpc) is 3.25. The van der Waals surface area contributed by atoms with Crippen LogP contribution >= 0.6 is 0 Å². The van der Waals surface area contributed by atoms with Gasteiger partial charge in [0, 0.05) is 58.5 Å². The summed E-state index contributed by atoms with van der Waals surface area (Å²) in [6.45, 7) is 6.85. The number of nitrogens with zero attached hydrogens (tertiary/aromatic N) is 1. The second kappa shape index (κ2) is 11.7. The molecule has 3 aromatic carbocycles. The molecule has 0 unspecified atom stereocenters. The second-order valence-electron chi connectivity index (χ2n) is 10.3. The number of aromatic nitrogens is 1. The molecule has 5 N–H and O–H groups in total. The van der Waals surface area contributed by atoms with Gasteiger partial charge in [-0.1, -0.05) is 0 Å². The molecule has 2 heterocycles. The Labute approximate surface area is 234 Å². The average molecular weight is 538 g/mol. The molecule has 0 aliphatic carbocycles. The molecule has 0 bridgehead atoms. The summed E-state index contributed by atoms with van der Waals surface area (Å²) in [6.07, 6.45) is 1.46. The zero-order valence-corrected chi connectivity index (χ0v) is 23.0. The molecule has 8 nitrogen and oxygen atoms in total. The number of aliphatic hydroxyl groups is 1. The maximum Gasteiger partial charge on any atom is 0.272 e. The van der Waals surface area contributed by atoms with E-state index in [1.165, 1.54) is 12.6 Å². The lowest BCUT2D eigenvalue weighted by atomic mass is 10.1. The van der Waals surface area contributed by atoms with E-state index in [0.29, 0.717) is 28.2 Å². The molecular weight excluding hydrogens is 502 g/mol. The number of benzene rings is 3. The molecule has 5 rings (SSSR count). The van der Waals surface area contributed by atoms with Crippen molar-refractivity contribution >= 4 is 45.8 Å².